The third kappa shape index (κ3) is 7.17. The summed E-state index contributed by atoms with van der Waals surface area (Å²) >= 11 is 0. The third-order valence-electron chi connectivity index (χ3n) is 4.41. The number of aromatic nitrogens is 3. The Morgan fingerprint density at radius 3 is 2.53 bits per heavy atom. The van der Waals surface area contributed by atoms with E-state index in [0.29, 0.717) is 47.9 Å². The van der Waals surface area contributed by atoms with Gasteiger partial charge in [-0.1, -0.05) is 27.7 Å². The van der Waals surface area contributed by atoms with Gasteiger partial charge in [0.2, 0.25) is 5.91 Å². The molecule has 1 aromatic heterocycles. The minimum atomic E-state index is -0.353. The van der Waals surface area contributed by atoms with Crippen LogP contribution in [0.25, 0.3) is 11.4 Å². The number of benzene rings is 1. The molecule has 30 heavy (non-hydrogen) atoms. The second-order valence-electron chi connectivity index (χ2n) is 8.05. The molecule has 2 rings (SSSR count). The quantitative estimate of drug-likeness (QED) is 0.583. The Bertz CT molecular complexity index is 893. The molecule has 0 bridgehead atoms. The highest BCUT2D eigenvalue weighted by atomic mass is 16.5. The molecule has 0 aliphatic rings. The smallest absolute Gasteiger partial charge is 0.273 e. The van der Waals surface area contributed by atoms with E-state index in [1.165, 1.54) is 0 Å². The first-order chi connectivity index (χ1) is 14.3. The molecule has 0 spiro atoms. The van der Waals surface area contributed by atoms with Gasteiger partial charge in [0.15, 0.2) is 17.3 Å². The summed E-state index contributed by atoms with van der Waals surface area (Å²) in [7, 11) is 1.56. The van der Waals surface area contributed by atoms with Crippen LogP contribution in [0.15, 0.2) is 23.0 Å². The molecule has 0 aliphatic carbocycles. The minimum Gasteiger partial charge on any atom is -0.493 e. The fraction of sp³-hybridized carbons (Fsp3) is 0.545. The standard InChI is InChI=1S/C22H32N4O4/c1-14(2)10-11-23-20(27)9-7-17-22(28)24-21(26-25-17)16-6-8-18(19(12-16)29-5)30-13-15(3)4/h6,8,12,14-15H,7,9-11,13H2,1-5H3,(H,23,27)(H,24,26,28). The van der Waals surface area contributed by atoms with Crippen molar-refractivity contribution < 1.29 is 14.3 Å². The maximum absolute atomic E-state index is 12.4. The maximum Gasteiger partial charge on any atom is 0.273 e. The molecule has 0 atom stereocenters. The van der Waals surface area contributed by atoms with Crippen LogP contribution < -0.4 is 20.3 Å². The van der Waals surface area contributed by atoms with Gasteiger partial charge in [-0.25, -0.2) is 0 Å². The van der Waals surface area contributed by atoms with Gasteiger partial charge in [-0.15, -0.1) is 10.2 Å². The molecule has 0 fully saturated rings. The summed E-state index contributed by atoms with van der Waals surface area (Å²) in [5.41, 5.74) is 0.544. The lowest BCUT2D eigenvalue weighted by molar-refractivity contribution is -0.121. The lowest BCUT2D eigenvalue weighted by Crippen LogP contribution is -2.27. The second kappa shape index (κ2) is 11.3. The number of H-pyrrole nitrogens is 1. The predicted molar refractivity (Wildman–Crippen MR) is 116 cm³/mol. The Morgan fingerprint density at radius 2 is 1.90 bits per heavy atom. The Kier molecular flexibility index (Phi) is 8.83. The van der Waals surface area contributed by atoms with Crippen molar-refractivity contribution in [2.24, 2.45) is 11.8 Å². The molecule has 0 radical (unpaired) electrons. The van der Waals surface area contributed by atoms with Crippen LogP contribution in [0.3, 0.4) is 0 Å². The summed E-state index contributed by atoms with van der Waals surface area (Å²) in [5, 5.41) is 11.0. The SMILES string of the molecule is COc1cc(-c2nnc(CCC(=O)NCCC(C)C)c(=O)[nH]2)ccc1OCC(C)C. The lowest BCUT2D eigenvalue weighted by Gasteiger charge is -2.13. The molecule has 2 N–H and O–H groups in total. The normalized spacial score (nSPS) is 11.0. The molecule has 0 saturated carbocycles. The number of aromatic amines is 1. The van der Waals surface area contributed by atoms with Gasteiger partial charge < -0.3 is 19.8 Å². The van der Waals surface area contributed by atoms with Crippen molar-refractivity contribution >= 4 is 5.91 Å². The number of ether oxygens (including phenoxy) is 2. The monoisotopic (exact) mass is 416 g/mol. The molecule has 8 heteroatoms. The number of nitrogens with one attached hydrogen (secondary N) is 2. The van der Waals surface area contributed by atoms with Crippen LogP contribution in [0.1, 0.15) is 46.2 Å². The summed E-state index contributed by atoms with van der Waals surface area (Å²) < 4.78 is 11.1. The van der Waals surface area contributed by atoms with Crippen molar-refractivity contribution in [3.8, 4) is 22.9 Å². The molecule has 0 unspecified atom stereocenters. The van der Waals surface area contributed by atoms with Gasteiger partial charge >= 0.3 is 0 Å². The number of nitrogens with zero attached hydrogens (tertiary/aromatic N) is 2. The van der Waals surface area contributed by atoms with E-state index in [2.05, 4.69) is 48.2 Å². The van der Waals surface area contributed by atoms with Gasteiger partial charge in [-0.2, -0.15) is 0 Å². The number of carbonyl (C=O) groups is 1. The third-order valence-corrected chi connectivity index (χ3v) is 4.41. The highest BCUT2D eigenvalue weighted by molar-refractivity contribution is 5.76. The van der Waals surface area contributed by atoms with Crippen molar-refractivity contribution in [3.63, 3.8) is 0 Å². The largest absolute Gasteiger partial charge is 0.493 e. The van der Waals surface area contributed by atoms with Crippen molar-refractivity contribution in [2.75, 3.05) is 20.3 Å². The number of hydrogen-bond donors (Lipinski definition) is 2. The summed E-state index contributed by atoms with van der Waals surface area (Å²) in [6.45, 7) is 9.55. The molecule has 1 aromatic carbocycles. The van der Waals surface area contributed by atoms with Gasteiger partial charge in [0.25, 0.3) is 5.56 Å². The summed E-state index contributed by atoms with van der Waals surface area (Å²) in [6, 6.07) is 5.32. The van der Waals surface area contributed by atoms with E-state index in [-0.39, 0.29) is 30.0 Å². The average Bonchev–Trinajstić information content (AvgIpc) is 2.70. The number of methoxy groups -OCH3 is 1. The fourth-order valence-corrected chi connectivity index (χ4v) is 2.67. The van der Waals surface area contributed by atoms with Gasteiger partial charge in [0.05, 0.1) is 13.7 Å². The maximum atomic E-state index is 12.4. The van der Waals surface area contributed by atoms with Crippen molar-refractivity contribution in [1.29, 1.82) is 0 Å². The topological polar surface area (TPSA) is 106 Å². The van der Waals surface area contributed by atoms with Gasteiger partial charge in [-0.05, 0) is 36.5 Å². The summed E-state index contributed by atoms with van der Waals surface area (Å²) in [4.78, 5) is 27.0. The van der Waals surface area contributed by atoms with Crippen LogP contribution in [0.5, 0.6) is 11.5 Å². The fourth-order valence-electron chi connectivity index (χ4n) is 2.67. The van der Waals surface area contributed by atoms with Gasteiger partial charge in [-0.3, -0.25) is 9.59 Å². The van der Waals surface area contributed by atoms with Crippen molar-refractivity contribution in [3.05, 3.63) is 34.2 Å². The first-order valence-corrected chi connectivity index (χ1v) is 10.3. The Morgan fingerprint density at radius 1 is 1.13 bits per heavy atom. The summed E-state index contributed by atoms with van der Waals surface area (Å²) in [5.74, 6) is 2.34. The first kappa shape index (κ1) is 23.4. The second-order valence-corrected chi connectivity index (χ2v) is 8.05. The zero-order chi connectivity index (χ0) is 22.1. The van der Waals surface area contributed by atoms with E-state index in [1.54, 1.807) is 25.3 Å². The number of amides is 1. The molecule has 1 amide bonds. The number of carbonyl (C=O) groups excluding carboxylic acids is 1. The molecule has 0 aliphatic heterocycles. The van der Waals surface area contributed by atoms with Crippen LogP contribution in [0.4, 0.5) is 0 Å². The van der Waals surface area contributed by atoms with Gasteiger partial charge in [0, 0.05) is 24.9 Å². The van der Waals surface area contributed by atoms with E-state index < -0.39 is 0 Å². The molecule has 1 heterocycles. The highest BCUT2D eigenvalue weighted by Crippen LogP contribution is 2.31. The summed E-state index contributed by atoms with van der Waals surface area (Å²) in [6.07, 6.45) is 1.36. The van der Waals surface area contributed by atoms with Crippen LogP contribution in [-0.2, 0) is 11.2 Å². The highest BCUT2D eigenvalue weighted by Gasteiger charge is 2.12. The molecule has 2 aromatic rings. The van der Waals surface area contributed by atoms with E-state index >= 15 is 0 Å². The van der Waals surface area contributed by atoms with Crippen LogP contribution in [0.2, 0.25) is 0 Å². The zero-order valence-corrected chi connectivity index (χ0v) is 18.4. The van der Waals surface area contributed by atoms with E-state index in [4.69, 9.17) is 9.47 Å². The Balaban J connectivity index is 2.04. The average molecular weight is 417 g/mol. The van der Waals surface area contributed by atoms with Crippen LogP contribution in [0, 0.1) is 11.8 Å². The molecule has 8 nitrogen and oxygen atoms in total. The Hall–Kier alpha value is -2.90. The van der Waals surface area contributed by atoms with Crippen molar-refractivity contribution in [2.45, 2.75) is 47.0 Å². The predicted octanol–water partition coefficient (Wildman–Crippen LogP) is 2.97. The Labute approximate surface area is 177 Å². The minimum absolute atomic E-state index is 0.0948. The molecular weight excluding hydrogens is 384 g/mol. The van der Waals surface area contributed by atoms with E-state index in [1.807, 2.05) is 0 Å². The molecular formula is C22H32N4O4. The lowest BCUT2D eigenvalue weighted by atomic mass is 10.1. The van der Waals surface area contributed by atoms with Crippen molar-refractivity contribution in [1.82, 2.24) is 20.5 Å². The molecule has 0 saturated heterocycles. The van der Waals surface area contributed by atoms with Crippen LogP contribution >= 0.6 is 0 Å². The number of aryl methyl sites for hydroxylation is 1. The molecule has 164 valence electrons. The van der Waals surface area contributed by atoms with Crippen LogP contribution in [-0.4, -0.2) is 41.3 Å². The van der Waals surface area contributed by atoms with E-state index in [0.717, 1.165) is 6.42 Å². The van der Waals surface area contributed by atoms with Gasteiger partial charge in [0.1, 0.15) is 5.69 Å². The number of hydrogen-bond acceptors (Lipinski definition) is 6. The van der Waals surface area contributed by atoms with E-state index in [9.17, 15) is 9.59 Å². The number of rotatable bonds is 11. The first-order valence-electron chi connectivity index (χ1n) is 10.3. The zero-order valence-electron chi connectivity index (χ0n) is 18.4.